The number of aliphatic imine (C=N–C) groups is 1. The molecule has 1 aromatic rings. The van der Waals surface area contributed by atoms with E-state index in [-0.39, 0.29) is 5.91 Å². The van der Waals surface area contributed by atoms with Crippen molar-refractivity contribution >= 4 is 39.5 Å². The normalized spacial score (nSPS) is 14.6. The summed E-state index contributed by atoms with van der Waals surface area (Å²) in [6.07, 6.45) is 0. The Morgan fingerprint density at radius 2 is 2.16 bits per heavy atom. The quantitative estimate of drug-likeness (QED) is 0.922. The van der Waals surface area contributed by atoms with E-state index >= 15 is 0 Å². The van der Waals surface area contributed by atoms with Gasteiger partial charge in [-0.15, -0.1) is 0 Å². The maximum absolute atomic E-state index is 11.8. The van der Waals surface area contributed by atoms with Gasteiger partial charge >= 0.3 is 0 Å². The minimum atomic E-state index is 0.0255. The van der Waals surface area contributed by atoms with Crippen LogP contribution < -0.4 is 5.32 Å². The van der Waals surface area contributed by atoms with Gasteiger partial charge in [0.05, 0.1) is 12.3 Å². The molecule has 2 rings (SSSR count). The van der Waals surface area contributed by atoms with E-state index in [9.17, 15) is 4.79 Å². The second-order valence-electron chi connectivity index (χ2n) is 4.61. The number of amides is 1. The molecular weight excluding hydrogens is 276 g/mol. The summed E-state index contributed by atoms with van der Waals surface area (Å²) in [4.78, 5) is 16.1. The molecule has 0 saturated carbocycles. The third-order valence-electron chi connectivity index (χ3n) is 2.75. The first-order valence-corrected chi connectivity index (χ1v) is 8.32. The monoisotopic (exact) mass is 294 g/mol. The van der Waals surface area contributed by atoms with E-state index in [1.54, 1.807) is 11.8 Å². The van der Waals surface area contributed by atoms with Crippen molar-refractivity contribution in [2.45, 2.75) is 19.8 Å². The SMILES string of the molecule is CC(C)c1ccc(NC(=O)CSC2=NCCS2)cc1. The minimum absolute atomic E-state index is 0.0255. The molecule has 1 heterocycles. The molecule has 0 unspecified atom stereocenters. The third-order valence-corrected chi connectivity index (χ3v) is 5.00. The van der Waals surface area contributed by atoms with Crippen molar-refractivity contribution in [3.63, 3.8) is 0 Å². The minimum Gasteiger partial charge on any atom is -0.325 e. The van der Waals surface area contributed by atoms with Crippen LogP contribution in [0.25, 0.3) is 0 Å². The van der Waals surface area contributed by atoms with E-state index in [2.05, 4.69) is 36.3 Å². The topological polar surface area (TPSA) is 41.5 Å². The molecule has 5 heteroatoms. The Kier molecular flexibility index (Phi) is 5.34. The molecule has 1 amide bonds. The van der Waals surface area contributed by atoms with Gasteiger partial charge in [0.1, 0.15) is 4.38 Å². The lowest BCUT2D eigenvalue weighted by atomic mass is 10.0. The molecule has 19 heavy (non-hydrogen) atoms. The number of hydrogen-bond acceptors (Lipinski definition) is 4. The van der Waals surface area contributed by atoms with Crippen molar-refractivity contribution in [1.29, 1.82) is 0 Å². The van der Waals surface area contributed by atoms with Crippen LogP contribution in [0.2, 0.25) is 0 Å². The predicted molar refractivity (Wildman–Crippen MR) is 86.4 cm³/mol. The highest BCUT2D eigenvalue weighted by molar-refractivity contribution is 8.39. The van der Waals surface area contributed by atoms with Gasteiger partial charge in [0.25, 0.3) is 0 Å². The molecule has 0 fully saturated rings. The second kappa shape index (κ2) is 7.01. The van der Waals surface area contributed by atoms with Gasteiger partial charge in [0.2, 0.25) is 5.91 Å². The molecule has 0 spiro atoms. The molecule has 1 aliphatic rings. The standard InChI is InChI=1S/C14H18N2OS2/c1-10(2)11-3-5-12(6-4-11)16-13(17)9-19-14-15-7-8-18-14/h3-6,10H,7-9H2,1-2H3,(H,16,17). The fourth-order valence-corrected chi connectivity index (χ4v) is 3.49. The number of rotatable bonds is 4. The van der Waals surface area contributed by atoms with Gasteiger partial charge in [0, 0.05) is 11.4 Å². The number of benzene rings is 1. The zero-order valence-corrected chi connectivity index (χ0v) is 12.8. The van der Waals surface area contributed by atoms with Crippen molar-refractivity contribution in [1.82, 2.24) is 0 Å². The Morgan fingerprint density at radius 1 is 1.42 bits per heavy atom. The Hall–Kier alpha value is -0.940. The van der Waals surface area contributed by atoms with Gasteiger partial charge in [-0.1, -0.05) is 49.5 Å². The zero-order valence-electron chi connectivity index (χ0n) is 11.2. The van der Waals surface area contributed by atoms with E-state index in [0.717, 1.165) is 22.4 Å². The van der Waals surface area contributed by atoms with E-state index in [0.29, 0.717) is 11.7 Å². The summed E-state index contributed by atoms with van der Waals surface area (Å²) in [6.45, 7) is 5.19. The first-order chi connectivity index (χ1) is 9.15. The molecule has 0 atom stereocenters. The summed E-state index contributed by atoms with van der Waals surface area (Å²) >= 11 is 3.25. The van der Waals surface area contributed by atoms with Crippen LogP contribution in [-0.4, -0.2) is 28.3 Å². The lowest BCUT2D eigenvalue weighted by Crippen LogP contribution is -2.14. The highest BCUT2D eigenvalue weighted by Crippen LogP contribution is 2.22. The van der Waals surface area contributed by atoms with E-state index < -0.39 is 0 Å². The van der Waals surface area contributed by atoms with Crippen LogP contribution in [0, 0.1) is 0 Å². The summed E-state index contributed by atoms with van der Waals surface area (Å²) in [5.41, 5.74) is 2.14. The van der Waals surface area contributed by atoms with Crippen LogP contribution in [0.15, 0.2) is 29.3 Å². The molecule has 0 bridgehead atoms. The first-order valence-electron chi connectivity index (χ1n) is 6.35. The van der Waals surface area contributed by atoms with Gasteiger partial charge in [-0.25, -0.2) is 0 Å². The predicted octanol–water partition coefficient (Wildman–Crippen LogP) is 3.58. The third kappa shape index (κ3) is 4.58. The summed E-state index contributed by atoms with van der Waals surface area (Å²) in [5, 5.41) is 2.91. The first kappa shape index (κ1) is 14.5. The highest BCUT2D eigenvalue weighted by Gasteiger charge is 2.10. The summed E-state index contributed by atoms with van der Waals surface area (Å²) in [6, 6.07) is 8.04. The lowest BCUT2D eigenvalue weighted by Gasteiger charge is -2.08. The number of nitrogens with one attached hydrogen (secondary N) is 1. The Balaban J connectivity index is 1.81. The van der Waals surface area contributed by atoms with Crippen LogP contribution in [0.5, 0.6) is 0 Å². The molecule has 0 aromatic heterocycles. The van der Waals surface area contributed by atoms with Gasteiger partial charge < -0.3 is 5.32 Å². The van der Waals surface area contributed by atoms with Crippen molar-refractivity contribution in [3.8, 4) is 0 Å². The van der Waals surface area contributed by atoms with Crippen molar-refractivity contribution in [3.05, 3.63) is 29.8 Å². The molecule has 0 saturated heterocycles. The summed E-state index contributed by atoms with van der Waals surface area (Å²) < 4.78 is 1.03. The van der Waals surface area contributed by atoms with Crippen molar-refractivity contribution < 1.29 is 4.79 Å². The summed E-state index contributed by atoms with van der Waals surface area (Å²) in [7, 11) is 0. The van der Waals surface area contributed by atoms with Gasteiger partial charge in [-0.05, 0) is 23.6 Å². The Morgan fingerprint density at radius 3 is 2.74 bits per heavy atom. The average Bonchev–Trinajstić information content (AvgIpc) is 2.90. The average molecular weight is 294 g/mol. The smallest absolute Gasteiger partial charge is 0.234 e. The number of carbonyl (C=O) groups excluding carboxylic acids is 1. The van der Waals surface area contributed by atoms with Crippen LogP contribution in [0.4, 0.5) is 5.69 Å². The number of anilines is 1. The van der Waals surface area contributed by atoms with Crippen LogP contribution in [0.1, 0.15) is 25.3 Å². The molecular formula is C14H18N2OS2. The zero-order chi connectivity index (χ0) is 13.7. The lowest BCUT2D eigenvalue weighted by molar-refractivity contribution is -0.113. The van der Waals surface area contributed by atoms with Gasteiger partial charge in [-0.3, -0.25) is 9.79 Å². The number of carbonyl (C=O) groups is 1. The number of hydrogen-bond donors (Lipinski definition) is 1. The molecule has 0 aliphatic carbocycles. The van der Waals surface area contributed by atoms with Crippen molar-refractivity contribution in [2.75, 3.05) is 23.4 Å². The number of nitrogens with zero attached hydrogens (tertiary/aromatic N) is 1. The molecule has 1 aromatic carbocycles. The maximum atomic E-state index is 11.8. The number of thioether (sulfide) groups is 2. The van der Waals surface area contributed by atoms with E-state index in [1.807, 2.05) is 12.1 Å². The van der Waals surface area contributed by atoms with Crippen LogP contribution in [0.3, 0.4) is 0 Å². The molecule has 3 nitrogen and oxygen atoms in total. The summed E-state index contributed by atoms with van der Waals surface area (Å²) in [5.74, 6) is 2.01. The molecule has 1 N–H and O–H groups in total. The van der Waals surface area contributed by atoms with Crippen LogP contribution in [-0.2, 0) is 4.79 Å². The van der Waals surface area contributed by atoms with Crippen molar-refractivity contribution in [2.24, 2.45) is 4.99 Å². The van der Waals surface area contributed by atoms with E-state index in [4.69, 9.17) is 0 Å². The largest absolute Gasteiger partial charge is 0.325 e. The Labute approximate surface area is 122 Å². The van der Waals surface area contributed by atoms with Gasteiger partial charge in [0.15, 0.2) is 0 Å². The second-order valence-corrected chi connectivity index (χ2v) is 6.92. The fourth-order valence-electron chi connectivity index (χ4n) is 1.68. The fraction of sp³-hybridized carbons (Fsp3) is 0.429. The molecule has 1 aliphatic heterocycles. The molecule has 102 valence electrons. The van der Waals surface area contributed by atoms with Gasteiger partial charge in [-0.2, -0.15) is 0 Å². The maximum Gasteiger partial charge on any atom is 0.234 e. The van der Waals surface area contributed by atoms with Crippen LogP contribution >= 0.6 is 23.5 Å². The van der Waals surface area contributed by atoms with E-state index in [1.165, 1.54) is 17.3 Å². The molecule has 0 radical (unpaired) electrons. The highest BCUT2D eigenvalue weighted by atomic mass is 32.2. The Bertz CT molecular complexity index is 469.